The lowest BCUT2D eigenvalue weighted by Crippen LogP contribution is -2.42. The summed E-state index contributed by atoms with van der Waals surface area (Å²) in [5.74, 6) is -2.07. The Hall–Kier alpha value is -3.34. The zero-order chi connectivity index (χ0) is 19.3. The molecule has 0 aliphatic carbocycles. The van der Waals surface area contributed by atoms with Gasteiger partial charge in [-0.3, -0.25) is 4.79 Å². The Morgan fingerprint density at radius 3 is 2.35 bits per heavy atom. The standard InChI is InChI=1S/C18H13F3N2O3/c19-18(20,21)14-3-1-2-12(8-14)9-15(17(25)26)23-16(24)13-6-4-11(10-22)5-7-13/h1-8,15H,9H2,(H,23,24)(H,25,26)/t15-/m1/s1. The molecule has 1 atom stereocenters. The molecule has 0 heterocycles. The Morgan fingerprint density at radius 1 is 1.15 bits per heavy atom. The minimum Gasteiger partial charge on any atom is -0.480 e. The van der Waals surface area contributed by atoms with Crippen LogP contribution in [0.1, 0.15) is 27.0 Å². The lowest BCUT2D eigenvalue weighted by molar-refractivity contribution is -0.139. The summed E-state index contributed by atoms with van der Waals surface area (Å²) >= 11 is 0. The molecule has 2 aromatic rings. The molecule has 0 fully saturated rings. The van der Waals surface area contributed by atoms with Crippen molar-refractivity contribution in [3.63, 3.8) is 0 Å². The molecule has 8 heteroatoms. The first-order valence-electron chi connectivity index (χ1n) is 7.40. The largest absolute Gasteiger partial charge is 0.480 e. The molecule has 2 aromatic carbocycles. The lowest BCUT2D eigenvalue weighted by Gasteiger charge is -2.16. The zero-order valence-corrected chi connectivity index (χ0v) is 13.2. The highest BCUT2D eigenvalue weighted by molar-refractivity contribution is 5.96. The third kappa shape index (κ3) is 4.83. The van der Waals surface area contributed by atoms with Crippen LogP contribution in [0.25, 0.3) is 0 Å². The van der Waals surface area contributed by atoms with Gasteiger partial charge in [-0.15, -0.1) is 0 Å². The van der Waals surface area contributed by atoms with Crippen LogP contribution in [0.5, 0.6) is 0 Å². The smallest absolute Gasteiger partial charge is 0.416 e. The predicted molar refractivity (Wildman–Crippen MR) is 85.2 cm³/mol. The van der Waals surface area contributed by atoms with E-state index in [2.05, 4.69) is 5.32 Å². The molecule has 26 heavy (non-hydrogen) atoms. The number of alkyl halides is 3. The number of benzene rings is 2. The molecule has 134 valence electrons. The van der Waals surface area contributed by atoms with Crippen molar-refractivity contribution in [2.24, 2.45) is 0 Å². The molecule has 1 amide bonds. The highest BCUT2D eigenvalue weighted by Gasteiger charge is 2.31. The number of carbonyl (C=O) groups is 2. The number of halogens is 3. The predicted octanol–water partition coefficient (Wildman–Crippen LogP) is 3.00. The first-order chi connectivity index (χ1) is 12.2. The second kappa shape index (κ2) is 7.70. The van der Waals surface area contributed by atoms with Crippen molar-refractivity contribution in [3.8, 4) is 6.07 Å². The molecule has 5 nitrogen and oxygen atoms in total. The monoisotopic (exact) mass is 362 g/mol. The van der Waals surface area contributed by atoms with Crippen molar-refractivity contribution in [1.82, 2.24) is 5.32 Å². The molecule has 0 spiro atoms. The Balaban J connectivity index is 2.15. The number of carbonyl (C=O) groups excluding carboxylic acids is 1. The second-order valence-corrected chi connectivity index (χ2v) is 5.46. The molecular weight excluding hydrogens is 349 g/mol. The van der Waals surface area contributed by atoms with Crippen LogP contribution in [0, 0.1) is 11.3 Å². The van der Waals surface area contributed by atoms with Crippen molar-refractivity contribution in [3.05, 3.63) is 70.8 Å². The van der Waals surface area contributed by atoms with Crippen LogP contribution >= 0.6 is 0 Å². The zero-order valence-electron chi connectivity index (χ0n) is 13.2. The van der Waals surface area contributed by atoms with Crippen molar-refractivity contribution >= 4 is 11.9 Å². The Labute approximate surface area is 146 Å². The second-order valence-electron chi connectivity index (χ2n) is 5.46. The normalized spacial score (nSPS) is 12.1. The number of carboxylic acids is 1. The van der Waals surface area contributed by atoms with Crippen LogP contribution < -0.4 is 5.32 Å². The number of hydrogen-bond acceptors (Lipinski definition) is 3. The van der Waals surface area contributed by atoms with E-state index in [1.165, 1.54) is 36.4 Å². The van der Waals surface area contributed by atoms with Gasteiger partial charge in [-0.1, -0.05) is 18.2 Å². The van der Waals surface area contributed by atoms with Gasteiger partial charge in [-0.25, -0.2) is 4.79 Å². The summed E-state index contributed by atoms with van der Waals surface area (Å²) in [5, 5.41) is 20.3. The maximum atomic E-state index is 12.7. The number of carboxylic acid groups (broad SMARTS) is 1. The number of nitrogens with one attached hydrogen (secondary N) is 1. The average molecular weight is 362 g/mol. The maximum Gasteiger partial charge on any atom is 0.416 e. The fourth-order valence-electron chi connectivity index (χ4n) is 2.25. The Morgan fingerprint density at radius 2 is 1.81 bits per heavy atom. The van der Waals surface area contributed by atoms with Crippen LogP contribution in [0.2, 0.25) is 0 Å². The van der Waals surface area contributed by atoms with Gasteiger partial charge < -0.3 is 10.4 Å². The summed E-state index contributed by atoms with van der Waals surface area (Å²) in [6, 6.07) is 10.3. The molecule has 2 N–H and O–H groups in total. The van der Waals surface area contributed by atoms with Gasteiger partial charge in [0.25, 0.3) is 5.91 Å². The van der Waals surface area contributed by atoms with Crippen molar-refractivity contribution < 1.29 is 27.9 Å². The third-order valence-corrected chi connectivity index (χ3v) is 3.57. The Bertz CT molecular complexity index is 855. The summed E-state index contributed by atoms with van der Waals surface area (Å²) in [6.45, 7) is 0. The van der Waals surface area contributed by atoms with Gasteiger partial charge >= 0.3 is 12.1 Å². The highest BCUT2D eigenvalue weighted by atomic mass is 19.4. The van der Waals surface area contributed by atoms with Crippen LogP contribution in [0.4, 0.5) is 13.2 Å². The number of amides is 1. The van der Waals surface area contributed by atoms with E-state index < -0.39 is 29.7 Å². The summed E-state index contributed by atoms with van der Waals surface area (Å²) < 4.78 is 38.2. The first kappa shape index (κ1) is 19.0. The highest BCUT2D eigenvalue weighted by Crippen LogP contribution is 2.29. The molecule has 0 aliphatic rings. The number of nitrogens with zero attached hydrogens (tertiary/aromatic N) is 1. The fourth-order valence-corrected chi connectivity index (χ4v) is 2.25. The summed E-state index contributed by atoms with van der Waals surface area (Å²) in [5.41, 5.74) is -0.287. The van der Waals surface area contributed by atoms with Gasteiger partial charge in [0.05, 0.1) is 17.2 Å². The van der Waals surface area contributed by atoms with E-state index in [0.717, 1.165) is 12.1 Å². The van der Waals surface area contributed by atoms with Gasteiger partial charge in [-0.05, 0) is 35.9 Å². The fraction of sp³-hybridized carbons (Fsp3) is 0.167. The quantitative estimate of drug-likeness (QED) is 0.856. The number of rotatable bonds is 5. The number of aliphatic carboxylic acids is 1. The number of hydrogen-bond donors (Lipinski definition) is 2. The van der Waals surface area contributed by atoms with Gasteiger partial charge in [0.15, 0.2) is 0 Å². The molecule has 0 saturated heterocycles. The molecule has 0 saturated carbocycles. The maximum absolute atomic E-state index is 12.7. The van der Waals surface area contributed by atoms with Gasteiger partial charge in [0.2, 0.25) is 0 Å². The molecule has 0 aromatic heterocycles. The summed E-state index contributed by atoms with van der Waals surface area (Å²) in [7, 11) is 0. The molecule has 0 radical (unpaired) electrons. The van der Waals surface area contributed by atoms with E-state index in [1.54, 1.807) is 0 Å². The lowest BCUT2D eigenvalue weighted by atomic mass is 10.0. The number of nitriles is 1. The average Bonchev–Trinajstić information content (AvgIpc) is 2.60. The van der Waals surface area contributed by atoms with E-state index in [4.69, 9.17) is 5.26 Å². The van der Waals surface area contributed by atoms with Crippen LogP contribution in [0.15, 0.2) is 48.5 Å². The van der Waals surface area contributed by atoms with Gasteiger partial charge in [0.1, 0.15) is 6.04 Å². The van der Waals surface area contributed by atoms with Crippen molar-refractivity contribution in [2.75, 3.05) is 0 Å². The van der Waals surface area contributed by atoms with Crippen molar-refractivity contribution in [2.45, 2.75) is 18.6 Å². The summed E-state index contributed by atoms with van der Waals surface area (Å²) in [4.78, 5) is 23.5. The minimum atomic E-state index is -4.54. The molecule has 2 rings (SSSR count). The van der Waals surface area contributed by atoms with Crippen LogP contribution in [-0.4, -0.2) is 23.0 Å². The summed E-state index contributed by atoms with van der Waals surface area (Å²) in [6.07, 6.45) is -4.85. The third-order valence-electron chi connectivity index (χ3n) is 3.57. The Kier molecular flexibility index (Phi) is 5.62. The minimum absolute atomic E-state index is 0.132. The molecule has 0 aliphatic heterocycles. The topological polar surface area (TPSA) is 90.2 Å². The molecular formula is C18H13F3N2O3. The van der Waals surface area contributed by atoms with Crippen molar-refractivity contribution in [1.29, 1.82) is 5.26 Å². The van der Waals surface area contributed by atoms with Crippen LogP contribution in [0.3, 0.4) is 0 Å². The molecule has 0 unspecified atom stereocenters. The van der Waals surface area contributed by atoms with Crippen LogP contribution in [-0.2, 0) is 17.4 Å². The first-order valence-corrected chi connectivity index (χ1v) is 7.40. The van der Waals surface area contributed by atoms with E-state index in [1.807, 2.05) is 6.07 Å². The van der Waals surface area contributed by atoms with E-state index in [9.17, 15) is 27.9 Å². The van der Waals surface area contributed by atoms with E-state index in [0.29, 0.717) is 5.56 Å². The SMILES string of the molecule is N#Cc1ccc(C(=O)N[C@H](Cc2cccc(C(F)(F)F)c2)C(=O)O)cc1. The molecule has 0 bridgehead atoms. The van der Waals surface area contributed by atoms with E-state index in [-0.39, 0.29) is 17.5 Å². The van der Waals surface area contributed by atoms with Gasteiger partial charge in [0, 0.05) is 12.0 Å². The van der Waals surface area contributed by atoms with Gasteiger partial charge in [-0.2, -0.15) is 18.4 Å². The van der Waals surface area contributed by atoms with E-state index >= 15 is 0 Å².